The molecule has 3 rings (SSSR count). The number of rotatable bonds is 4. The summed E-state index contributed by atoms with van der Waals surface area (Å²) in [6.45, 7) is 0. The number of hydrogen-bond donors (Lipinski definition) is 1. The lowest BCUT2D eigenvalue weighted by atomic mass is 9.99. The van der Waals surface area contributed by atoms with Crippen molar-refractivity contribution in [2.75, 3.05) is 0 Å². The second kappa shape index (κ2) is 4.98. The molecular formula is C17H17F2N. The first-order valence-electron chi connectivity index (χ1n) is 6.87. The zero-order valence-electron chi connectivity index (χ0n) is 11.2. The largest absolute Gasteiger partial charge is 0.325 e. The molecular weight excluding hydrogens is 256 g/mol. The molecule has 0 heterocycles. The van der Waals surface area contributed by atoms with Gasteiger partial charge in [0, 0.05) is 11.5 Å². The molecule has 2 N–H and O–H groups in total. The molecule has 0 spiro atoms. The first-order chi connectivity index (χ1) is 9.60. The predicted octanol–water partition coefficient (Wildman–Crippen LogP) is 3.78. The monoisotopic (exact) mass is 273 g/mol. The molecule has 0 radical (unpaired) electrons. The van der Waals surface area contributed by atoms with Gasteiger partial charge < -0.3 is 5.73 Å². The van der Waals surface area contributed by atoms with Crippen LogP contribution in [-0.4, -0.2) is 5.54 Å². The third-order valence-corrected chi connectivity index (χ3v) is 4.20. The van der Waals surface area contributed by atoms with Gasteiger partial charge in [-0.25, -0.2) is 8.78 Å². The van der Waals surface area contributed by atoms with E-state index in [1.165, 1.54) is 5.56 Å². The molecule has 2 unspecified atom stereocenters. The Morgan fingerprint density at radius 1 is 1.05 bits per heavy atom. The fraction of sp³-hybridized carbons (Fsp3) is 0.294. The molecule has 1 saturated carbocycles. The third kappa shape index (κ3) is 2.46. The van der Waals surface area contributed by atoms with E-state index in [1.54, 1.807) is 12.1 Å². The standard InChI is InChI=1S/C17H17F2N/c18-15-8-4-7-13(16(15)19)14-11-17(14,20)10-9-12-5-2-1-3-6-12/h1-8,14H,9-11,20H2. The Hall–Kier alpha value is -1.74. The smallest absolute Gasteiger partial charge is 0.162 e. The summed E-state index contributed by atoms with van der Waals surface area (Å²) in [7, 11) is 0. The second-order valence-electron chi connectivity index (χ2n) is 5.62. The van der Waals surface area contributed by atoms with Gasteiger partial charge in [-0.2, -0.15) is 0 Å². The van der Waals surface area contributed by atoms with Gasteiger partial charge in [0.2, 0.25) is 0 Å². The zero-order chi connectivity index (χ0) is 14.2. The minimum Gasteiger partial charge on any atom is -0.325 e. The minimum atomic E-state index is -0.792. The van der Waals surface area contributed by atoms with Crippen LogP contribution >= 0.6 is 0 Å². The highest BCUT2D eigenvalue weighted by Gasteiger charge is 2.52. The predicted molar refractivity (Wildman–Crippen MR) is 75.4 cm³/mol. The number of benzene rings is 2. The van der Waals surface area contributed by atoms with Crippen LogP contribution in [0, 0.1) is 11.6 Å². The van der Waals surface area contributed by atoms with Gasteiger partial charge in [0.25, 0.3) is 0 Å². The van der Waals surface area contributed by atoms with Crippen LogP contribution in [-0.2, 0) is 6.42 Å². The van der Waals surface area contributed by atoms with E-state index in [0.29, 0.717) is 5.56 Å². The van der Waals surface area contributed by atoms with Crippen molar-refractivity contribution in [2.24, 2.45) is 5.73 Å². The summed E-state index contributed by atoms with van der Waals surface area (Å²) in [5, 5.41) is 0. The topological polar surface area (TPSA) is 26.0 Å². The SMILES string of the molecule is NC1(CCc2ccccc2)CC1c1cccc(F)c1F. The highest BCUT2D eigenvalue weighted by atomic mass is 19.2. The van der Waals surface area contributed by atoms with Gasteiger partial charge in [-0.15, -0.1) is 0 Å². The van der Waals surface area contributed by atoms with Crippen LogP contribution in [0.5, 0.6) is 0 Å². The van der Waals surface area contributed by atoms with Crippen molar-refractivity contribution in [3.05, 3.63) is 71.3 Å². The Balaban J connectivity index is 1.69. The number of halogens is 2. The minimum absolute atomic E-state index is 0.0677. The second-order valence-corrected chi connectivity index (χ2v) is 5.62. The summed E-state index contributed by atoms with van der Waals surface area (Å²) < 4.78 is 27.0. The fourth-order valence-electron chi connectivity index (χ4n) is 2.83. The lowest BCUT2D eigenvalue weighted by Crippen LogP contribution is -2.25. The van der Waals surface area contributed by atoms with Gasteiger partial charge in [-0.1, -0.05) is 42.5 Å². The van der Waals surface area contributed by atoms with E-state index in [4.69, 9.17) is 5.73 Å². The quantitative estimate of drug-likeness (QED) is 0.901. The molecule has 1 nitrogen and oxygen atoms in total. The van der Waals surface area contributed by atoms with E-state index in [-0.39, 0.29) is 5.92 Å². The molecule has 0 bridgehead atoms. The zero-order valence-corrected chi connectivity index (χ0v) is 11.2. The summed E-state index contributed by atoms with van der Waals surface area (Å²) in [5.74, 6) is -1.61. The van der Waals surface area contributed by atoms with E-state index < -0.39 is 17.2 Å². The van der Waals surface area contributed by atoms with Crippen molar-refractivity contribution in [3.8, 4) is 0 Å². The van der Waals surface area contributed by atoms with Gasteiger partial charge in [0.05, 0.1) is 0 Å². The first kappa shape index (κ1) is 13.3. The molecule has 0 amide bonds. The van der Waals surface area contributed by atoms with Gasteiger partial charge in [0.1, 0.15) is 0 Å². The van der Waals surface area contributed by atoms with Crippen molar-refractivity contribution in [1.82, 2.24) is 0 Å². The Morgan fingerprint density at radius 2 is 1.80 bits per heavy atom. The molecule has 1 aliphatic carbocycles. The van der Waals surface area contributed by atoms with Crippen LogP contribution < -0.4 is 5.73 Å². The number of aryl methyl sites for hydroxylation is 1. The molecule has 3 heteroatoms. The highest BCUT2D eigenvalue weighted by molar-refractivity contribution is 5.35. The Morgan fingerprint density at radius 3 is 2.55 bits per heavy atom. The van der Waals surface area contributed by atoms with Crippen molar-refractivity contribution in [2.45, 2.75) is 30.7 Å². The maximum atomic E-state index is 13.8. The van der Waals surface area contributed by atoms with E-state index in [0.717, 1.165) is 25.3 Å². The first-order valence-corrected chi connectivity index (χ1v) is 6.87. The molecule has 104 valence electrons. The van der Waals surface area contributed by atoms with Crippen LogP contribution in [0.2, 0.25) is 0 Å². The lowest BCUT2D eigenvalue weighted by Gasteiger charge is -2.12. The third-order valence-electron chi connectivity index (χ3n) is 4.20. The molecule has 2 aromatic rings. The fourth-order valence-corrected chi connectivity index (χ4v) is 2.83. The van der Waals surface area contributed by atoms with Crippen LogP contribution in [0.4, 0.5) is 8.78 Å². The average molecular weight is 273 g/mol. The number of nitrogens with two attached hydrogens (primary N) is 1. The summed E-state index contributed by atoms with van der Waals surface area (Å²) in [6, 6.07) is 14.4. The maximum Gasteiger partial charge on any atom is 0.162 e. The Labute approximate surface area is 117 Å². The van der Waals surface area contributed by atoms with Crippen LogP contribution in [0.25, 0.3) is 0 Å². The van der Waals surface area contributed by atoms with E-state index in [1.807, 2.05) is 18.2 Å². The lowest BCUT2D eigenvalue weighted by molar-refractivity contribution is 0.492. The molecule has 20 heavy (non-hydrogen) atoms. The molecule has 0 aliphatic heterocycles. The van der Waals surface area contributed by atoms with Gasteiger partial charge >= 0.3 is 0 Å². The molecule has 0 aromatic heterocycles. The average Bonchev–Trinajstić information content (AvgIpc) is 3.13. The van der Waals surface area contributed by atoms with Crippen molar-refractivity contribution in [3.63, 3.8) is 0 Å². The molecule has 2 aromatic carbocycles. The van der Waals surface area contributed by atoms with E-state index in [2.05, 4.69) is 12.1 Å². The molecule has 0 saturated heterocycles. The van der Waals surface area contributed by atoms with Crippen molar-refractivity contribution < 1.29 is 8.78 Å². The van der Waals surface area contributed by atoms with E-state index in [9.17, 15) is 8.78 Å². The van der Waals surface area contributed by atoms with Crippen molar-refractivity contribution >= 4 is 0 Å². The Bertz CT molecular complexity index is 612. The van der Waals surface area contributed by atoms with E-state index >= 15 is 0 Å². The molecule has 1 aliphatic rings. The summed E-state index contributed by atoms with van der Waals surface area (Å²) in [6.07, 6.45) is 2.38. The van der Waals surface area contributed by atoms with Crippen LogP contribution in [0.15, 0.2) is 48.5 Å². The van der Waals surface area contributed by atoms with Crippen molar-refractivity contribution in [1.29, 1.82) is 0 Å². The molecule has 1 fully saturated rings. The highest BCUT2D eigenvalue weighted by Crippen LogP contribution is 2.52. The summed E-state index contributed by atoms with van der Waals surface area (Å²) in [5.41, 5.74) is 7.54. The van der Waals surface area contributed by atoms with Crippen LogP contribution in [0.1, 0.15) is 29.9 Å². The van der Waals surface area contributed by atoms with Gasteiger partial charge in [0.15, 0.2) is 11.6 Å². The van der Waals surface area contributed by atoms with Gasteiger partial charge in [-0.05, 0) is 36.5 Å². The normalized spacial score (nSPS) is 24.6. The Kier molecular flexibility index (Phi) is 3.30. The maximum absolute atomic E-state index is 13.8. The van der Waals surface area contributed by atoms with Crippen LogP contribution in [0.3, 0.4) is 0 Å². The molecule has 2 atom stereocenters. The van der Waals surface area contributed by atoms with Gasteiger partial charge in [-0.3, -0.25) is 0 Å². The number of hydrogen-bond acceptors (Lipinski definition) is 1. The summed E-state index contributed by atoms with van der Waals surface area (Å²) in [4.78, 5) is 0. The summed E-state index contributed by atoms with van der Waals surface area (Å²) >= 11 is 0.